The van der Waals surface area contributed by atoms with Crippen LogP contribution in [0.15, 0.2) is 47.0 Å². The molecule has 1 fully saturated rings. The van der Waals surface area contributed by atoms with Crippen LogP contribution in [0, 0.1) is 6.92 Å². The predicted molar refractivity (Wildman–Crippen MR) is 132 cm³/mol. The summed E-state index contributed by atoms with van der Waals surface area (Å²) in [4.78, 5) is 33.9. The number of pyridine rings is 1. The number of amides is 2. The summed E-state index contributed by atoms with van der Waals surface area (Å²) in [5.74, 6) is 1.40. The first-order valence-corrected chi connectivity index (χ1v) is 11.9. The molecule has 1 aromatic carbocycles. The molecule has 7 heteroatoms. The van der Waals surface area contributed by atoms with Crippen molar-refractivity contribution in [3.63, 3.8) is 0 Å². The Hall–Kier alpha value is -3.45. The van der Waals surface area contributed by atoms with Crippen LogP contribution in [-0.2, 0) is 22.6 Å². The van der Waals surface area contributed by atoms with Gasteiger partial charge in [-0.05, 0) is 75.0 Å². The number of furan rings is 1. The first kappa shape index (κ1) is 22.3. The monoisotopic (exact) mass is 458 g/mol. The molecule has 0 unspecified atom stereocenters. The molecule has 0 spiro atoms. The number of hydrogen-bond acceptors (Lipinski definition) is 5. The van der Waals surface area contributed by atoms with Gasteiger partial charge in [-0.25, -0.2) is 4.98 Å². The highest BCUT2D eigenvalue weighted by molar-refractivity contribution is 5.96. The predicted octanol–water partition coefficient (Wildman–Crippen LogP) is 4.16. The minimum atomic E-state index is -0.0953. The molecule has 4 heterocycles. The number of likely N-dealkylation sites (tertiary alicyclic amines) is 1. The molecule has 2 aromatic heterocycles. The van der Waals surface area contributed by atoms with Crippen LogP contribution in [0.5, 0.6) is 0 Å². The number of nitrogens with zero attached hydrogens (tertiary/aromatic N) is 3. The van der Waals surface area contributed by atoms with Crippen LogP contribution in [0.1, 0.15) is 41.7 Å². The molecular weight excluding hydrogens is 428 g/mol. The van der Waals surface area contributed by atoms with Crippen LogP contribution < -0.4 is 5.32 Å². The topological polar surface area (TPSA) is 78.7 Å². The molecule has 34 heavy (non-hydrogen) atoms. The first-order valence-electron chi connectivity index (χ1n) is 11.9. The van der Waals surface area contributed by atoms with E-state index in [1.807, 2.05) is 37.3 Å². The number of aromatic nitrogens is 1. The van der Waals surface area contributed by atoms with E-state index in [-0.39, 0.29) is 17.9 Å². The van der Waals surface area contributed by atoms with Crippen molar-refractivity contribution >= 4 is 34.7 Å². The summed E-state index contributed by atoms with van der Waals surface area (Å²) in [7, 11) is 1.79. The molecule has 0 saturated carbocycles. The van der Waals surface area contributed by atoms with Gasteiger partial charge in [-0.2, -0.15) is 0 Å². The Morgan fingerprint density at radius 1 is 1.29 bits per heavy atom. The number of carbonyl (C=O) groups is 2. The first-order chi connectivity index (χ1) is 16.5. The summed E-state index contributed by atoms with van der Waals surface area (Å²) in [5.41, 5.74) is 3.72. The molecule has 0 bridgehead atoms. The third-order valence-corrected chi connectivity index (χ3v) is 6.89. The zero-order valence-corrected chi connectivity index (χ0v) is 19.7. The van der Waals surface area contributed by atoms with E-state index in [9.17, 15) is 9.59 Å². The van der Waals surface area contributed by atoms with Gasteiger partial charge in [-0.1, -0.05) is 18.2 Å². The molecule has 2 aliphatic heterocycles. The van der Waals surface area contributed by atoms with Gasteiger partial charge >= 0.3 is 0 Å². The van der Waals surface area contributed by atoms with Gasteiger partial charge in [-0.15, -0.1) is 0 Å². The smallest absolute Gasteiger partial charge is 0.246 e. The maximum atomic E-state index is 12.8. The standard InChI is InChI=1S/C27H30N4O3/c1-18-22(21-7-3-4-8-24(21)34-18)17-30(2)25(32)12-9-19-15-20-10-11-23(31-13-5-6-14-31)27(33)29-26(20)28-16-19/h3-4,7-9,12,15-16,23H,5-6,10-11,13-14,17H2,1-2H3,(H,28,29,33)/b12-9+/t23-/m1/s1. The number of nitrogens with one attached hydrogen (secondary N) is 1. The van der Waals surface area contributed by atoms with Crippen molar-refractivity contribution in [3.8, 4) is 0 Å². The number of carbonyl (C=O) groups excluding carboxylic acids is 2. The summed E-state index contributed by atoms with van der Waals surface area (Å²) in [5, 5.41) is 4.04. The Balaban J connectivity index is 1.26. The van der Waals surface area contributed by atoms with E-state index in [4.69, 9.17) is 4.42 Å². The SMILES string of the molecule is Cc1oc2ccccc2c1CN(C)C(=O)/C=C/c1cnc2c(c1)CC[C@@H](N1CCCC1)C(=O)N2. The van der Waals surface area contributed by atoms with Crippen molar-refractivity contribution in [2.45, 2.75) is 45.2 Å². The molecule has 2 amide bonds. The van der Waals surface area contributed by atoms with E-state index in [1.54, 1.807) is 30.3 Å². The zero-order valence-electron chi connectivity index (χ0n) is 19.7. The van der Waals surface area contributed by atoms with Gasteiger partial charge in [0.2, 0.25) is 11.8 Å². The zero-order chi connectivity index (χ0) is 23.7. The van der Waals surface area contributed by atoms with Crippen molar-refractivity contribution in [3.05, 3.63) is 65.1 Å². The second-order valence-corrected chi connectivity index (χ2v) is 9.22. The Kier molecular flexibility index (Phi) is 6.20. The van der Waals surface area contributed by atoms with Crippen molar-refractivity contribution in [1.29, 1.82) is 0 Å². The van der Waals surface area contributed by atoms with Crippen LogP contribution in [-0.4, -0.2) is 52.8 Å². The molecule has 1 N–H and O–H groups in total. The number of para-hydroxylation sites is 1. The van der Waals surface area contributed by atoms with Crippen LogP contribution in [0.2, 0.25) is 0 Å². The molecule has 1 atom stereocenters. The van der Waals surface area contributed by atoms with Crippen molar-refractivity contribution < 1.29 is 14.0 Å². The van der Waals surface area contributed by atoms with Crippen molar-refractivity contribution in [2.75, 3.05) is 25.5 Å². The van der Waals surface area contributed by atoms with Gasteiger partial charge in [-0.3, -0.25) is 14.5 Å². The molecule has 0 radical (unpaired) electrons. The highest BCUT2D eigenvalue weighted by Crippen LogP contribution is 2.27. The Labute approximate surface area is 199 Å². The summed E-state index contributed by atoms with van der Waals surface area (Å²) in [6.07, 6.45) is 8.94. The minimum absolute atomic E-state index is 0.0373. The lowest BCUT2D eigenvalue weighted by Crippen LogP contribution is -2.41. The van der Waals surface area contributed by atoms with Crippen LogP contribution >= 0.6 is 0 Å². The average Bonchev–Trinajstić information content (AvgIpc) is 3.43. The number of fused-ring (bicyclic) bond motifs is 2. The summed E-state index contributed by atoms with van der Waals surface area (Å²) in [6, 6.07) is 9.81. The molecule has 7 nitrogen and oxygen atoms in total. The number of rotatable bonds is 5. The Bertz CT molecular complexity index is 1260. The van der Waals surface area contributed by atoms with Gasteiger partial charge in [0.15, 0.2) is 0 Å². The van der Waals surface area contributed by atoms with Crippen molar-refractivity contribution in [1.82, 2.24) is 14.8 Å². The van der Waals surface area contributed by atoms with Crippen LogP contribution in [0.3, 0.4) is 0 Å². The fraction of sp³-hybridized carbons (Fsp3) is 0.370. The summed E-state index contributed by atoms with van der Waals surface area (Å²) < 4.78 is 5.82. The number of aryl methyl sites for hydroxylation is 2. The third-order valence-electron chi connectivity index (χ3n) is 6.89. The second-order valence-electron chi connectivity index (χ2n) is 9.22. The van der Waals surface area contributed by atoms with E-state index < -0.39 is 0 Å². The number of hydrogen-bond donors (Lipinski definition) is 1. The summed E-state index contributed by atoms with van der Waals surface area (Å²) >= 11 is 0. The lowest BCUT2D eigenvalue weighted by Gasteiger charge is -2.24. The third kappa shape index (κ3) is 4.48. The maximum Gasteiger partial charge on any atom is 0.246 e. The maximum absolute atomic E-state index is 12.8. The fourth-order valence-corrected chi connectivity index (χ4v) is 4.98. The van der Waals surface area contributed by atoms with Crippen molar-refractivity contribution in [2.24, 2.45) is 0 Å². The molecule has 1 saturated heterocycles. The highest BCUT2D eigenvalue weighted by atomic mass is 16.3. The highest BCUT2D eigenvalue weighted by Gasteiger charge is 2.31. The van der Waals surface area contributed by atoms with E-state index in [0.29, 0.717) is 12.4 Å². The lowest BCUT2D eigenvalue weighted by molar-refractivity contribution is -0.125. The molecule has 5 rings (SSSR count). The number of benzene rings is 1. The van der Waals surface area contributed by atoms with E-state index in [0.717, 1.165) is 72.2 Å². The van der Waals surface area contributed by atoms with Gasteiger partial charge in [0.25, 0.3) is 0 Å². The van der Waals surface area contributed by atoms with Gasteiger partial charge in [0.1, 0.15) is 17.2 Å². The quantitative estimate of drug-likeness (QED) is 0.581. The molecule has 0 aliphatic carbocycles. The largest absolute Gasteiger partial charge is 0.461 e. The van der Waals surface area contributed by atoms with E-state index >= 15 is 0 Å². The fourth-order valence-electron chi connectivity index (χ4n) is 4.98. The van der Waals surface area contributed by atoms with Crippen LogP contribution in [0.25, 0.3) is 17.0 Å². The van der Waals surface area contributed by atoms with E-state index in [1.165, 1.54) is 0 Å². The van der Waals surface area contributed by atoms with Gasteiger partial charge in [0, 0.05) is 36.8 Å². The second kappa shape index (κ2) is 9.43. The molecule has 2 aliphatic rings. The van der Waals surface area contributed by atoms with E-state index in [2.05, 4.69) is 15.2 Å². The number of likely N-dealkylation sites (N-methyl/N-ethyl adjacent to an activating group) is 1. The Morgan fingerprint density at radius 3 is 2.91 bits per heavy atom. The molecule has 3 aromatic rings. The number of anilines is 1. The normalized spacial score (nSPS) is 18.8. The van der Waals surface area contributed by atoms with Gasteiger partial charge in [0.05, 0.1) is 6.04 Å². The summed E-state index contributed by atoms with van der Waals surface area (Å²) in [6.45, 7) is 4.37. The van der Waals surface area contributed by atoms with Gasteiger partial charge < -0.3 is 14.6 Å². The average molecular weight is 459 g/mol. The minimum Gasteiger partial charge on any atom is -0.461 e. The van der Waals surface area contributed by atoms with Crippen LogP contribution in [0.4, 0.5) is 5.82 Å². The molecular formula is C27H30N4O3. The lowest BCUT2D eigenvalue weighted by atomic mass is 10.0. The Morgan fingerprint density at radius 2 is 2.09 bits per heavy atom. The molecule has 176 valence electrons.